The zero-order valence-electron chi connectivity index (χ0n) is 14.8. The number of alkyl carbamates (subject to hydrolysis) is 1. The molecule has 0 saturated carbocycles. The maximum Gasteiger partial charge on any atom is 0.408 e. The van der Waals surface area contributed by atoms with E-state index >= 15 is 0 Å². The molecule has 0 bridgehead atoms. The van der Waals surface area contributed by atoms with Crippen LogP contribution in [-0.4, -0.2) is 35.2 Å². The fourth-order valence-corrected chi connectivity index (χ4v) is 2.22. The Balaban J connectivity index is 2.63. The Bertz CT molecular complexity index is 574. The average Bonchev–Trinajstić information content (AvgIpc) is 2.57. The number of carboxylic acid groups (broad SMARTS) is 1. The van der Waals surface area contributed by atoms with Gasteiger partial charge in [-0.2, -0.15) is 0 Å². The van der Waals surface area contributed by atoms with E-state index in [9.17, 15) is 14.4 Å². The van der Waals surface area contributed by atoms with Crippen LogP contribution < -0.4 is 10.6 Å². The lowest BCUT2D eigenvalue weighted by molar-refractivity contribution is -0.142. The highest BCUT2D eigenvalue weighted by molar-refractivity contribution is 5.89. The number of ether oxygens (including phenoxy) is 1. The molecule has 3 N–H and O–H groups in total. The van der Waals surface area contributed by atoms with Gasteiger partial charge in [-0.1, -0.05) is 51.1 Å². The van der Waals surface area contributed by atoms with E-state index in [2.05, 4.69) is 10.6 Å². The van der Waals surface area contributed by atoms with Crippen LogP contribution in [0.2, 0.25) is 0 Å². The third-order valence-electron chi connectivity index (χ3n) is 3.55. The Hall–Kier alpha value is -2.57. The highest BCUT2D eigenvalue weighted by atomic mass is 16.5. The number of aliphatic carboxylic acids is 1. The predicted octanol–water partition coefficient (Wildman–Crippen LogP) is 2.31. The van der Waals surface area contributed by atoms with Gasteiger partial charge in [0.15, 0.2) is 0 Å². The quantitative estimate of drug-likeness (QED) is 0.634. The van der Waals surface area contributed by atoms with Gasteiger partial charge >= 0.3 is 12.1 Å². The molecule has 0 aliphatic heterocycles. The van der Waals surface area contributed by atoms with Gasteiger partial charge in [0.2, 0.25) is 5.91 Å². The predicted molar refractivity (Wildman–Crippen MR) is 92.9 cm³/mol. The molecule has 2 amide bonds. The summed E-state index contributed by atoms with van der Waals surface area (Å²) >= 11 is 0. The van der Waals surface area contributed by atoms with Crippen LogP contribution in [0.4, 0.5) is 4.79 Å². The molecule has 0 aliphatic carbocycles. The fraction of sp³-hybridized carbons (Fsp3) is 0.500. The number of rotatable bonds is 9. The summed E-state index contributed by atoms with van der Waals surface area (Å²) in [7, 11) is 0. The monoisotopic (exact) mass is 350 g/mol. The number of hydrogen-bond acceptors (Lipinski definition) is 4. The lowest BCUT2D eigenvalue weighted by atomic mass is 10.0. The highest BCUT2D eigenvalue weighted by Crippen LogP contribution is 2.07. The smallest absolute Gasteiger partial charge is 0.408 e. The van der Waals surface area contributed by atoms with E-state index in [0.29, 0.717) is 6.42 Å². The van der Waals surface area contributed by atoms with Crippen molar-refractivity contribution >= 4 is 18.0 Å². The summed E-state index contributed by atoms with van der Waals surface area (Å²) in [6, 6.07) is 7.35. The zero-order valence-corrected chi connectivity index (χ0v) is 14.8. The molecule has 0 spiro atoms. The summed E-state index contributed by atoms with van der Waals surface area (Å²) in [5, 5.41) is 14.0. The first-order valence-corrected chi connectivity index (χ1v) is 8.33. The van der Waals surface area contributed by atoms with Crippen molar-refractivity contribution < 1.29 is 24.2 Å². The number of benzene rings is 1. The van der Waals surface area contributed by atoms with Crippen molar-refractivity contribution in [3.05, 3.63) is 35.9 Å². The Labute approximate surface area is 147 Å². The molecular weight excluding hydrogens is 324 g/mol. The summed E-state index contributed by atoms with van der Waals surface area (Å²) in [5.74, 6) is -1.50. The third kappa shape index (κ3) is 7.69. The van der Waals surface area contributed by atoms with E-state index in [4.69, 9.17) is 9.84 Å². The summed E-state index contributed by atoms with van der Waals surface area (Å²) in [6.07, 6.45) is -0.0796. The molecule has 0 aromatic heterocycles. The number of amides is 2. The Morgan fingerprint density at radius 2 is 1.72 bits per heavy atom. The lowest BCUT2D eigenvalue weighted by Crippen LogP contribution is -2.51. The van der Waals surface area contributed by atoms with Crippen molar-refractivity contribution in [2.75, 3.05) is 0 Å². The van der Waals surface area contributed by atoms with Crippen molar-refractivity contribution in [1.29, 1.82) is 0 Å². The Morgan fingerprint density at radius 1 is 1.08 bits per heavy atom. The third-order valence-corrected chi connectivity index (χ3v) is 3.55. The van der Waals surface area contributed by atoms with Gasteiger partial charge in [-0.25, -0.2) is 9.59 Å². The molecule has 7 nitrogen and oxygen atoms in total. The molecular formula is C18H26N2O5. The number of hydrogen-bond donors (Lipinski definition) is 3. The molecule has 2 atom stereocenters. The van der Waals surface area contributed by atoms with Crippen LogP contribution in [0.3, 0.4) is 0 Å². The van der Waals surface area contributed by atoms with Crippen LogP contribution >= 0.6 is 0 Å². The number of carbonyl (C=O) groups excluding carboxylic acids is 2. The average molecular weight is 350 g/mol. The SMILES string of the molecule is CC[C@@H](NC(=O)[C@H](CC(C)C)NC(=O)OCc1ccccc1)C(=O)O. The number of nitrogens with one attached hydrogen (secondary N) is 2. The lowest BCUT2D eigenvalue weighted by Gasteiger charge is -2.22. The van der Waals surface area contributed by atoms with E-state index < -0.39 is 30.1 Å². The molecule has 0 saturated heterocycles. The van der Waals surface area contributed by atoms with E-state index in [0.717, 1.165) is 5.56 Å². The van der Waals surface area contributed by atoms with Crippen LogP contribution in [0.25, 0.3) is 0 Å². The van der Waals surface area contributed by atoms with Crippen LogP contribution in [-0.2, 0) is 20.9 Å². The summed E-state index contributed by atoms with van der Waals surface area (Å²) < 4.78 is 5.12. The Morgan fingerprint density at radius 3 is 2.24 bits per heavy atom. The molecule has 1 rings (SSSR count). The van der Waals surface area contributed by atoms with Gasteiger partial charge < -0.3 is 20.5 Å². The first-order valence-electron chi connectivity index (χ1n) is 8.33. The van der Waals surface area contributed by atoms with Gasteiger partial charge in [0.1, 0.15) is 18.7 Å². The van der Waals surface area contributed by atoms with Crippen molar-refractivity contribution in [2.45, 2.75) is 52.3 Å². The second kappa shape index (κ2) is 10.3. The van der Waals surface area contributed by atoms with Gasteiger partial charge in [0, 0.05) is 0 Å². The van der Waals surface area contributed by atoms with Crippen molar-refractivity contribution in [3.8, 4) is 0 Å². The van der Waals surface area contributed by atoms with E-state index in [1.165, 1.54) is 0 Å². The second-order valence-electron chi connectivity index (χ2n) is 6.20. The second-order valence-corrected chi connectivity index (χ2v) is 6.20. The maximum atomic E-state index is 12.3. The van der Waals surface area contributed by atoms with Crippen LogP contribution in [0.1, 0.15) is 39.2 Å². The first kappa shape index (κ1) is 20.5. The normalized spacial score (nSPS) is 13.0. The van der Waals surface area contributed by atoms with Crippen molar-refractivity contribution in [3.63, 3.8) is 0 Å². The highest BCUT2D eigenvalue weighted by Gasteiger charge is 2.26. The minimum atomic E-state index is -1.11. The van der Waals surface area contributed by atoms with Crippen molar-refractivity contribution in [2.24, 2.45) is 5.92 Å². The van der Waals surface area contributed by atoms with E-state index in [-0.39, 0.29) is 18.9 Å². The van der Waals surface area contributed by atoms with Crippen LogP contribution in [0.15, 0.2) is 30.3 Å². The molecule has 0 fully saturated rings. The van der Waals surface area contributed by atoms with Gasteiger partial charge in [-0.05, 0) is 24.3 Å². The summed E-state index contributed by atoms with van der Waals surface area (Å²) in [6.45, 7) is 5.57. The zero-order chi connectivity index (χ0) is 18.8. The topological polar surface area (TPSA) is 105 Å². The van der Waals surface area contributed by atoms with E-state index in [1.54, 1.807) is 6.92 Å². The molecule has 0 heterocycles. The molecule has 7 heteroatoms. The molecule has 0 unspecified atom stereocenters. The standard InChI is InChI=1S/C18H26N2O5/c1-4-14(17(22)23)19-16(21)15(10-12(2)3)20-18(24)25-11-13-8-6-5-7-9-13/h5-9,12,14-15H,4,10-11H2,1-3H3,(H,19,21)(H,20,24)(H,22,23)/t14-,15+/m1/s1. The van der Waals surface area contributed by atoms with Crippen LogP contribution in [0, 0.1) is 5.92 Å². The number of carboxylic acids is 1. The van der Waals surface area contributed by atoms with Gasteiger partial charge in [0.25, 0.3) is 0 Å². The Kier molecular flexibility index (Phi) is 8.46. The van der Waals surface area contributed by atoms with Gasteiger partial charge in [-0.3, -0.25) is 4.79 Å². The minimum absolute atomic E-state index is 0.0927. The fourth-order valence-electron chi connectivity index (χ4n) is 2.22. The number of carbonyl (C=O) groups is 3. The largest absolute Gasteiger partial charge is 0.480 e. The first-order chi connectivity index (χ1) is 11.8. The van der Waals surface area contributed by atoms with Crippen LogP contribution in [0.5, 0.6) is 0 Å². The molecule has 1 aromatic carbocycles. The maximum absolute atomic E-state index is 12.3. The molecule has 25 heavy (non-hydrogen) atoms. The van der Waals surface area contributed by atoms with E-state index in [1.807, 2.05) is 44.2 Å². The van der Waals surface area contributed by atoms with Gasteiger partial charge in [0.05, 0.1) is 0 Å². The molecule has 1 aromatic rings. The minimum Gasteiger partial charge on any atom is -0.480 e. The van der Waals surface area contributed by atoms with Gasteiger partial charge in [-0.15, -0.1) is 0 Å². The summed E-state index contributed by atoms with van der Waals surface area (Å²) in [4.78, 5) is 35.4. The molecule has 0 aliphatic rings. The molecule has 0 radical (unpaired) electrons. The molecule has 138 valence electrons. The van der Waals surface area contributed by atoms with Crippen molar-refractivity contribution in [1.82, 2.24) is 10.6 Å². The summed E-state index contributed by atoms with van der Waals surface area (Å²) in [5.41, 5.74) is 0.833.